The van der Waals surface area contributed by atoms with Gasteiger partial charge < -0.3 is 9.64 Å². The molecule has 0 spiro atoms. The number of hydrogen-bond acceptors (Lipinski definition) is 5. The van der Waals surface area contributed by atoms with Gasteiger partial charge in [0.25, 0.3) is 0 Å². The maximum Gasteiger partial charge on any atom is 0.244 e. The van der Waals surface area contributed by atoms with E-state index < -0.39 is 10.0 Å². The van der Waals surface area contributed by atoms with E-state index in [4.69, 9.17) is 4.74 Å². The first kappa shape index (κ1) is 14.4. The summed E-state index contributed by atoms with van der Waals surface area (Å²) in [5.41, 5.74) is 1.03. The van der Waals surface area contributed by atoms with E-state index in [0.29, 0.717) is 18.0 Å². The number of hydrogen-bond donors (Lipinski definition) is 2. The molecular weight excluding hydrogens is 268 g/mol. The van der Waals surface area contributed by atoms with Gasteiger partial charge in [-0.25, -0.2) is 13.1 Å². The number of likely N-dealkylation sites (N-methyl/N-ethyl adjacent to an activating group) is 1. The monoisotopic (exact) mass is 288 g/mol. The Bertz CT molecular complexity index is 521. The highest BCUT2D eigenvalue weighted by Crippen LogP contribution is 2.16. The number of rotatable bonds is 4. The fraction of sp³-hybridized carbons (Fsp3) is 0.727. The van der Waals surface area contributed by atoms with Crippen molar-refractivity contribution in [2.45, 2.75) is 24.8 Å². The lowest BCUT2D eigenvalue weighted by atomic mass is 10.3. The summed E-state index contributed by atoms with van der Waals surface area (Å²) in [6.45, 7) is 5.88. The van der Waals surface area contributed by atoms with Crippen LogP contribution in [0.5, 0.6) is 0 Å². The van der Waals surface area contributed by atoms with E-state index in [1.807, 2.05) is 7.05 Å². The average molecular weight is 288 g/mol. The predicted molar refractivity (Wildman–Crippen MR) is 70.5 cm³/mol. The zero-order chi connectivity index (χ0) is 14.0. The summed E-state index contributed by atoms with van der Waals surface area (Å²) < 4.78 is 32.6. The molecule has 1 aliphatic rings. The molecule has 108 valence electrons. The molecular formula is C11H20N4O3S. The minimum atomic E-state index is -3.54. The fourth-order valence-electron chi connectivity index (χ4n) is 2.20. The third-order valence-electron chi connectivity index (χ3n) is 3.17. The number of nitrogens with one attached hydrogen (secondary N) is 2. The van der Waals surface area contributed by atoms with Crippen LogP contribution in [0.25, 0.3) is 0 Å². The molecule has 0 saturated carbocycles. The summed E-state index contributed by atoms with van der Waals surface area (Å²) in [5.74, 6) is 0. The lowest BCUT2D eigenvalue weighted by Gasteiger charge is -2.30. The summed E-state index contributed by atoms with van der Waals surface area (Å²) in [4.78, 5) is 2.35. The molecule has 1 aromatic heterocycles. The number of sulfonamides is 1. The van der Waals surface area contributed by atoms with E-state index >= 15 is 0 Å². The molecule has 1 saturated heterocycles. The number of aromatic amines is 1. The molecule has 0 aromatic carbocycles. The zero-order valence-electron chi connectivity index (χ0n) is 11.4. The first-order valence-corrected chi connectivity index (χ1v) is 7.70. The molecule has 1 unspecified atom stereocenters. The first-order chi connectivity index (χ1) is 8.90. The van der Waals surface area contributed by atoms with Gasteiger partial charge in [0.15, 0.2) is 0 Å². The van der Waals surface area contributed by atoms with Crippen molar-refractivity contribution < 1.29 is 13.2 Å². The Kier molecular flexibility index (Phi) is 4.24. The van der Waals surface area contributed by atoms with E-state index in [2.05, 4.69) is 19.8 Å². The maximum absolute atomic E-state index is 12.2. The molecule has 2 N–H and O–H groups in total. The Balaban J connectivity index is 2.02. The topological polar surface area (TPSA) is 87.3 Å². The van der Waals surface area contributed by atoms with Gasteiger partial charge >= 0.3 is 0 Å². The molecule has 1 atom stereocenters. The maximum atomic E-state index is 12.2. The van der Waals surface area contributed by atoms with Gasteiger partial charge in [-0.15, -0.1) is 0 Å². The van der Waals surface area contributed by atoms with Crippen molar-refractivity contribution in [3.8, 4) is 0 Å². The van der Waals surface area contributed by atoms with Gasteiger partial charge in [-0.05, 0) is 20.9 Å². The van der Waals surface area contributed by atoms with Crippen LogP contribution in [-0.2, 0) is 14.8 Å². The normalized spacial score (nSPS) is 21.7. The van der Waals surface area contributed by atoms with Crippen molar-refractivity contribution in [3.05, 3.63) is 11.4 Å². The van der Waals surface area contributed by atoms with Crippen LogP contribution in [0.3, 0.4) is 0 Å². The van der Waals surface area contributed by atoms with E-state index in [1.54, 1.807) is 13.8 Å². The van der Waals surface area contributed by atoms with Crippen molar-refractivity contribution in [1.82, 2.24) is 19.8 Å². The van der Waals surface area contributed by atoms with Gasteiger partial charge in [-0.1, -0.05) is 0 Å². The highest BCUT2D eigenvalue weighted by Gasteiger charge is 2.25. The highest BCUT2D eigenvalue weighted by molar-refractivity contribution is 7.89. The molecule has 7 nitrogen and oxygen atoms in total. The number of ether oxygens (including phenoxy) is 1. The quantitative estimate of drug-likeness (QED) is 0.790. The smallest absolute Gasteiger partial charge is 0.244 e. The molecule has 1 fully saturated rings. The molecule has 8 heteroatoms. The molecule has 0 radical (unpaired) electrons. The summed E-state index contributed by atoms with van der Waals surface area (Å²) in [6, 6.07) is 0. The summed E-state index contributed by atoms with van der Waals surface area (Å²) in [7, 11) is -1.54. The Morgan fingerprint density at radius 1 is 1.53 bits per heavy atom. The Morgan fingerprint density at radius 3 is 2.84 bits per heavy atom. The van der Waals surface area contributed by atoms with Crippen molar-refractivity contribution >= 4 is 10.0 Å². The minimum absolute atomic E-state index is 0.110. The lowest BCUT2D eigenvalue weighted by Crippen LogP contribution is -2.45. The highest BCUT2D eigenvalue weighted by atomic mass is 32.2. The van der Waals surface area contributed by atoms with Crippen molar-refractivity contribution in [2.24, 2.45) is 0 Å². The first-order valence-electron chi connectivity index (χ1n) is 6.21. The summed E-state index contributed by atoms with van der Waals surface area (Å²) in [6.07, 6.45) is -0.110. The van der Waals surface area contributed by atoms with Crippen LogP contribution in [0.1, 0.15) is 11.4 Å². The zero-order valence-corrected chi connectivity index (χ0v) is 12.2. The van der Waals surface area contributed by atoms with Gasteiger partial charge in [0, 0.05) is 19.6 Å². The van der Waals surface area contributed by atoms with Gasteiger partial charge in [-0.2, -0.15) is 5.10 Å². The third-order valence-corrected chi connectivity index (χ3v) is 4.86. The number of H-pyrrole nitrogens is 1. The third kappa shape index (κ3) is 3.33. The Labute approximate surface area is 113 Å². The number of aryl methyl sites for hydroxylation is 2. The van der Waals surface area contributed by atoms with Crippen LogP contribution in [0, 0.1) is 13.8 Å². The summed E-state index contributed by atoms with van der Waals surface area (Å²) in [5, 5.41) is 6.59. The van der Waals surface area contributed by atoms with Crippen LogP contribution in [0.15, 0.2) is 4.90 Å². The van der Waals surface area contributed by atoms with Crippen LogP contribution in [0.4, 0.5) is 0 Å². The Hall–Kier alpha value is -0.960. The van der Waals surface area contributed by atoms with Crippen molar-refractivity contribution in [1.29, 1.82) is 0 Å². The molecule has 0 amide bonds. The van der Waals surface area contributed by atoms with Gasteiger partial charge in [-0.3, -0.25) is 5.10 Å². The second-order valence-electron chi connectivity index (χ2n) is 4.87. The van der Waals surface area contributed by atoms with E-state index in [0.717, 1.165) is 13.1 Å². The molecule has 1 aliphatic heterocycles. The molecule has 19 heavy (non-hydrogen) atoms. The second-order valence-corrected chi connectivity index (χ2v) is 6.57. The number of aromatic nitrogens is 2. The van der Waals surface area contributed by atoms with Crippen LogP contribution in [-0.4, -0.2) is 62.9 Å². The predicted octanol–water partition coefficient (Wildman–Crippen LogP) is -0.365. The minimum Gasteiger partial charge on any atom is -0.374 e. The van der Waals surface area contributed by atoms with Gasteiger partial charge in [0.2, 0.25) is 10.0 Å². The van der Waals surface area contributed by atoms with Gasteiger partial charge in [0.1, 0.15) is 4.90 Å². The fourth-order valence-corrected chi connectivity index (χ4v) is 3.63. The molecule has 2 heterocycles. The van der Waals surface area contributed by atoms with Crippen LogP contribution < -0.4 is 4.72 Å². The molecule has 0 aliphatic carbocycles. The van der Waals surface area contributed by atoms with Crippen LogP contribution >= 0.6 is 0 Å². The summed E-state index contributed by atoms with van der Waals surface area (Å²) >= 11 is 0. The molecule has 2 rings (SSSR count). The van der Waals surface area contributed by atoms with E-state index in [9.17, 15) is 8.42 Å². The van der Waals surface area contributed by atoms with Crippen LogP contribution in [0.2, 0.25) is 0 Å². The largest absolute Gasteiger partial charge is 0.374 e. The standard InChI is InChI=1S/C11H20N4O3S/c1-8-11(9(2)14-13-8)19(16,17)12-6-10-7-15(3)4-5-18-10/h10,12H,4-7H2,1-3H3,(H,13,14). The van der Waals surface area contributed by atoms with E-state index in [1.165, 1.54) is 0 Å². The Morgan fingerprint density at radius 2 is 2.26 bits per heavy atom. The number of nitrogens with zero attached hydrogens (tertiary/aromatic N) is 2. The average Bonchev–Trinajstić information content (AvgIpc) is 2.67. The van der Waals surface area contributed by atoms with Gasteiger partial charge in [0.05, 0.1) is 24.1 Å². The lowest BCUT2D eigenvalue weighted by molar-refractivity contribution is -0.0156. The molecule has 1 aromatic rings. The molecule has 0 bridgehead atoms. The van der Waals surface area contributed by atoms with Crippen molar-refractivity contribution in [2.75, 3.05) is 33.3 Å². The SMILES string of the molecule is Cc1n[nH]c(C)c1S(=O)(=O)NCC1CN(C)CCO1. The number of morpholine rings is 1. The van der Waals surface area contributed by atoms with Crippen molar-refractivity contribution in [3.63, 3.8) is 0 Å². The van der Waals surface area contributed by atoms with E-state index in [-0.39, 0.29) is 17.5 Å². The second kappa shape index (κ2) is 5.58.